The van der Waals surface area contributed by atoms with Crippen molar-refractivity contribution in [3.63, 3.8) is 0 Å². The van der Waals surface area contributed by atoms with Gasteiger partial charge < -0.3 is 5.32 Å². The Balaban J connectivity index is 1.67. The molecule has 4 aromatic rings. The molecule has 7 nitrogen and oxygen atoms in total. The van der Waals surface area contributed by atoms with E-state index in [1.165, 1.54) is 42.5 Å². The number of nitrogens with one attached hydrogen (secondary N) is 2. The van der Waals surface area contributed by atoms with Crippen molar-refractivity contribution in [2.75, 3.05) is 10.0 Å². The molecule has 1 heterocycles. The van der Waals surface area contributed by atoms with Crippen molar-refractivity contribution in [3.05, 3.63) is 76.3 Å². The van der Waals surface area contributed by atoms with Crippen LogP contribution in [0.5, 0.6) is 0 Å². The number of hydrogen-bond donors (Lipinski definition) is 2. The van der Waals surface area contributed by atoms with E-state index in [9.17, 15) is 13.2 Å². The topological polar surface area (TPSA) is 101 Å². The van der Waals surface area contributed by atoms with Gasteiger partial charge in [0.2, 0.25) is 0 Å². The van der Waals surface area contributed by atoms with Crippen LogP contribution in [-0.4, -0.2) is 23.1 Å². The lowest BCUT2D eigenvalue weighted by atomic mass is 10.1. The number of nitrogens with zero attached hydrogens (tertiary/aromatic N) is 2. The zero-order valence-corrected chi connectivity index (χ0v) is 18.1. The minimum absolute atomic E-state index is 0.00604. The number of amides is 1. The van der Waals surface area contributed by atoms with Crippen LogP contribution < -0.4 is 10.0 Å². The summed E-state index contributed by atoms with van der Waals surface area (Å²) in [5, 5.41) is 3.43. The Hall–Kier alpha value is -2.72. The molecule has 1 aromatic heterocycles. The van der Waals surface area contributed by atoms with Gasteiger partial charge in [-0.25, -0.2) is 8.42 Å². The third-order valence-corrected chi connectivity index (χ3v) is 6.54. The SMILES string of the molecule is O=C(Nc1cccc2nsnc12)c1cc(Cl)ccc1NS(=O)(=O)c1ccc(Cl)cc1. The van der Waals surface area contributed by atoms with E-state index in [2.05, 4.69) is 18.8 Å². The van der Waals surface area contributed by atoms with Crippen LogP contribution in [0.4, 0.5) is 11.4 Å². The number of halogens is 2. The summed E-state index contributed by atoms with van der Waals surface area (Å²) in [4.78, 5) is 13.0. The van der Waals surface area contributed by atoms with E-state index in [0.29, 0.717) is 21.7 Å². The van der Waals surface area contributed by atoms with Crippen molar-refractivity contribution in [1.82, 2.24) is 8.75 Å². The van der Waals surface area contributed by atoms with Gasteiger partial charge in [0.15, 0.2) is 0 Å². The Morgan fingerprint density at radius 1 is 0.900 bits per heavy atom. The monoisotopic (exact) mass is 478 g/mol. The van der Waals surface area contributed by atoms with Gasteiger partial charge >= 0.3 is 0 Å². The third-order valence-electron chi connectivity index (χ3n) is 4.13. The molecular weight excluding hydrogens is 467 g/mol. The first-order chi connectivity index (χ1) is 14.3. The van der Waals surface area contributed by atoms with Crippen LogP contribution in [0.25, 0.3) is 11.0 Å². The molecule has 152 valence electrons. The highest BCUT2D eigenvalue weighted by Crippen LogP contribution is 2.27. The highest BCUT2D eigenvalue weighted by Gasteiger charge is 2.20. The zero-order valence-electron chi connectivity index (χ0n) is 15.0. The number of anilines is 2. The number of aromatic nitrogens is 2. The third kappa shape index (κ3) is 4.24. The molecule has 0 aliphatic heterocycles. The van der Waals surface area contributed by atoms with Crippen molar-refractivity contribution in [3.8, 4) is 0 Å². The fraction of sp³-hybridized carbons (Fsp3) is 0. The number of sulfonamides is 1. The lowest BCUT2D eigenvalue weighted by Gasteiger charge is -2.13. The van der Waals surface area contributed by atoms with Crippen LogP contribution in [0, 0.1) is 0 Å². The molecule has 30 heavy (non-hydrogen) atoms. The van der Waals surface area contributed by atoms with Crippen LogP contribution in [0.2, 0.25) is 10.0 Å². The van der Waals surface area contributed by atoms with E-state index in [1.54, 1.807) is 18.2 Å². The van der Waals surface area contributed by atoms with Crippen molar-refractivity contribution in [2.45, 2.75) is 4.90 Å². The second-order valence-electron chi connectivity index (χ2n) is 6.14. The van der Waals surface area contributed by atoms with Crippen LogP contribution in [-0.2, 0) is 10.0 Å². The standard InChI is InChI=1S/C19H12Cl2N4O3S2/c20-11-4-7-13(8-5-11)30(27,28)25-15-9-6-12(21)10-14(15)19(26)22-16-2-1-3-17-18(16)24-29-23-17/h1-10,25H,(H,22,26). The average molecular weight is 479 g/mol. The number of benzene rings is 3. The lowest BCUT2D eigenvalue weighted by Crippen LogP contribution is -2.19. The smallest absolute Gasteiger partial charge is 0.261 e. The van der Waals surface area contributed by atoms with E-state index in [0.717, 1.165) is 11.7 Å². The zero-order chi connectivity index (χ0) is 21.3. The molecule has 0 radical (unpaired) electrons. The minimum Gasteiger partial charge on any atom is -0.320 e. The van der Waals surface area contributed by atoms with E-state index in [-0.39, 0.29) is 21.2 Å². The Morgan fingerprint density at radius 3 is 2.40 bits per heavy atom. The summed E-state index contributed by atoms with van der Waals surface area (Å²) in [6.45, 7) is 0. The second-order valence-corrected chi connectivity index (χ2v) is 9.22. The molecule has 4 rings (SSSR count). The summed E-state index contributed by atoms with van der Waals surface area (Å²) in [7, 11) is -3.95. The summed E-state index contributed by atoms with van der Waals surface area (Å²) in [6, 6.07) is 15.2. The van der Waals surface area contributed by atoms with E-state index >= 15 is 0 Å². The second kappa shape index (κ2) is 8.19. The summed E-state index contributed by atoms with van der Waals surface area (Å²) in [5.41, 5.74) is 1.78. The average Bonchev–Trinajstić information content (AvgIpc) is 3.19. The first-order valence-electron chi connectivity index (χ1n) is 8.44. The predicted molar refractivity (Wildman–Crippen MR) is 119 cm³/mol. The lowest BCUT2D eigenvalue weighted by molar-refractivity contribution is 0.102. The first kappa shape index (κ1) is 20.5. The molecule has 0 aliphatic rings. The van der Waals surface area contributed by atoms with Gasteiger partial charge in [-0.1, -0.05) is 29.3 Å². The number of fused-ring (bicyclic) bond motifs is 1. The van der Waals surface area contributed by atoms with Gasteiger partial charge in [-0.3, -0.25) is 9.52 Å². The maximum Gasteiger partial charge on any atom is 0.261 e. The largest absolute Gasteiger partial charge is 0.320 e. The first-order valence-corrected chi connectivity index (χ1v) is 11.4. The van der Waals surface area contributed by atoms with Crippen molar-refractivity contribution >= 4 is 73.3 Å². The number of carbonyl (C=O) groups excluding carboxylic acids is 1. The van der Waals surface area contributed by atoms with Crippen LogP contribution in [0.3, 0.4) is 0 Å². The molecule has 0 aliphatic carbocycles. The highest BCUT2D eigenvalue weighted by atomic mass is 35.5. The number of carbonyl (C=O) groups is 1. The molecule has 0 saturated heterocycles. The molecule has 0 unspecified atom stereocenters. The van der Waals surface area contributed by atoms with Crippen molar-refractivity contribution < 1.29 is 13.2 Å². The molecule has 0 bridgehead atoms. The molecule has 0 spiro atoms. The molecule has 1 amide bonds. The van der Waals surface area contributed by atoms with Gasteiger partial charge in [0, 0.05) is 10.0 Å². The predicted octanol–water partition coefficient (Wildman–Crippen LogP) is 5.05. The van der Waals surface area contributed by atoms with Crippen molar-refractivity contribution in [1.29, 1.82) is 0 Å². The summed E-state index contributed by atoms with van der Waals surface area (Å²) in [5.74, 6) is -0.549. The maximum atomic E-state index is 13.0. The van der Waals surface area contributed by atoms with Gasteiger partial charge in [-0.15, -0.1) is 0 Å². The molecular formula is C19H12Cl2N4O3S2. The normalized spacial score (nSPS) is 11.4. The van der Waals surface area contributed by atoms with Gasteiger partial charge in [0.1, 0.15) is 11.0 Å². The molecule has 2 N–H and O–H groups in total. The van der Waals surface area contributed by atoms with Gasteiger partial charge in [0.25, 0.3) is 15.9 Å². The Morgan fingerprint density at radius 2 is 1.63 bits per heavy atom. The van der Waals surface area contributed by atoms with E-state index in [4.69, 9.17) is 23.2 Å². The molecule has 0 saturated carbocycles. The maximum absolute atomic E-state index is 13.0. The van der Waals surface area contributed by atoms with Gasteiger partial charge in [-0.05, 0) is 54.6 Å². The highest BCUT2D eigenvalue weighted by molar-refractivity contribution is 7.92. The Kier molecular flexibility index (Phi) is 5.61. The molecule has 0 atom stereocenters. The fourth-order valence-corrected chi connectivity index (χ4v) is 4.63. The molecule has 0 fully saturated rings. The van der Waals surface area contributed by atoms with Crippen molar-refractivity contribution in [2.24, 2.45) is 0 Å². The van der Waals surface area contributed by atoms with Crippen LogP contribution in [0.15, 0.2) is 65.6 Å². The summed E-state index contributed by atoms with van der Waals surface area (Å²) in [6.07, 6.45) is 0. The molecule has 11 heteroatoms. The van der Waals surface area contributed by atoms with Crippen LogP contribution >= 0.6 is 34.9 Å². The number of hydrogen-bond acceptors (Lipinski definition) is 6. The van der Waals surface area contributed by atoms with Gasteiger partial charge in [0.05, 0.1) is 33.6 Å². The van der Waals surface area contributed by atoms with Gasteiger partial charge in [-0.2, -0.15) is 8.75 Å². The van der Waals surface area contributed by atoms with E-state index in [1.807, 2.05) is 0 Å². The summed E-state index contributed by atoms with van der Waals surface area (Å²) >= 11 is 12.9. The minimum atomic E-state index is -3.95. The van der Waals surface area contributed by atoms with E-state index < -0.39 is 15.9 Å². The quantitative estimate of drug-likeness (QED) is 0.417. The fourth-order valence-electron chi connectivity index (χ4n) is 2.71. The summed E-state index contributed by atoms with van der Waals surface area (Å²) < 4.78 is 36.2. The Bertz CT molecular complexity index is 1360. The Labute approximate surface area is 186 Å². The van der Waals surface area contributed by atoms with Crippen LogP contribution in [0.1, 0.15) is 10.4 Å². The molecule has 3 aromatic carbocycles. The number of rotatable bonds is 5.